The molecule has 140 valence electrons. The minimum atomic E-state index is -0.872. The van der Waals surface area contributed by atoms with Gasteiger partial charge in [-0.25, -0.2) is 4.39 Å². The standard InChI is InChI=1S/C20H20FN3O3/c1-22-18(25)12-17-19(26)23-9-10-24(17)20(27)14-6-4-5-13(11-14)15-7-2-3-8-16(15)21/h2-8,11,17H,9-10,12H2,1H3,(H,22,25)(H,23,26)/t17-/m0/s1. The fourth-order valence-corrected chi connectivity index (χ4v) is 3.12. The van der Waals surface area contributed by atoms with Crippen LogP contribution >= 0.6 is 0 Å². The van der Waals surface area contributed by atoms with Crippen LogP contribution in [-0.4, -0.2) is 48.8 Å². The Kier molecular flexibility index (Phi) is 5.49. The molecule has 2 N–H and O–H groups in total. The third-order valence-corrected chi connectivity index (χ3v) is 4.54. The van der Waals surface area contributed by atoms with Crippen molar-refractivity contribution in [3.63, 3.8) is 0 Å². The average Bonchev–Trinajstić information content (AvgIpc) is 2.69. The van der Waals surface area contributed by atoms with Gasteiger partial charge in [0.2, 0.25) is 11.8 Å². The van der Waals surface area contributed by atoms with E-state index in [4.69, 9.17) is 0 Å². The smallest absolute Gasteiger partial charge is 0.254 e. The Morgan fingerprint density at radius 2 is 2.00 bits per heavy atom. The summed E-state index contributed by atoms with van der Waals surface area (Å²) in [5, 5.41) is 5.15. The van der Waals surface area contributed by atoms with Crippen LogP contribution < -0.4 is 10.6 Å². The van der Waals surface area contributed by atoms with Crippen LogP contribution in [0.25, 0.3) is 11.1 Å². The number of carbonyl (C=O) groups is 3. The fourth-order valence-electron chi connectivity index (χ4n) is 3.12. The Hall–Kier alpha value is -3.22. The number of carbonyl (C=O) groups excluding carboxylic acids is 3. The molecule has 2 aromatic rings. The van der Waals surface area contributed by atoms with Crippen molar-refractivity contribution in [2.75, 3.05) is 20.1 Å². The van der Waals surface area contributed by atoms with E-state index in [1.807, 2.05) is 0 Å². The quantitative estimate of drug-likeness (QED) is 0.859. The van der Waals surface area contributed by atoms with E-state index in [-0.39, 0.29) is 30.0 Å². The number of nitrogens with zero attached hydrogens (tertiary/aromatic N) is 1. The highest BCUT2D eigenvalue weighted by Gasteiger charge is 2.35. The molecule has 0 aromatic heterocycles. The molecule has 0 bridgehead atoms. The maximum absolute atomic E-state index is 14.1. The van der Waals surface area contributed by atoms with Gasteiger partial charge in [-0.2, -0.15) is 0 Å². The molecule has 1 aliphatic rings. The lowest BCUT2D eigenvalue weighted by atomic mass is 10.0. The van der Waals surface area contributed by atoms with Crippen molar-refractivity contribution in [3.8, 4) is 11.1 Å². The number of hydrogen-bond donors (Lipinski definition) is 2. The van der Waals surface area contributed by atoms with E-state index in [2.05, 4.69) is 10.6 Å². The van der Waals surface area contributed by atoms with Gasteiger partial charge >= 0.3 is 0 Å². The van der Waals surface area contributed by atoms with Gasteiger partial charge in [0.1, 0.15) is 11.9 Å². The summed E-state index contributed by atoms with van der Waals surface area (Å²) in [6.07, 6.45) is -0.110. The minimum Gasteiger partial charge on any atom is -0.359 e. The number of amides is 3. The average molecular weight is 369 g/mol. The summed E-state index contributed by atoms with van der Waals surface area (Å²) in [7, 11) is 1.48. The van der Waals surface area contributed by atoms with E-state index in [9.17, 15) is 18.8 Å². The number of piperazine rings is 1. The topological polar surface area (TPSA) is 78.5 Å². The highest BCUT2D eigenvalue weighted by molar-refractivity contribution is 6.00. The lowest BCUT2D eigenvalue weighted by Crippen LogP contribution is -2.58. The van der Waals surface area contributed by atoms with Crippen molar-refractivity contribution >= 4 is 17.7 Å². The van der Waals surface area contributed by atoms with E-state index in [0.29, 0.717) is 29.8 Å². The summed E-state index contributed by atoms with van der Waals surface area (Å²) in [4.78, 5) is 38.3. The number of benzene rings is 2. The maximum Gasteiger partial charge on any atom is 0.254 e. The van der Waals surface area contributed by atoms with Gasteiger partial charge in [0, 0.05) is 31.3 Å². The van der Waals surface area contributed by atoms with E-state index in [1.165, 1.54) is 18.0 Å². The fraction of sp³-hybridized carbons (Fsp3) is 0.250. The van der Waals surface area contributed by atoms with Crippen molar-refractivity contribution < 1.29 is 18.8 Å². The molecule has 0 spiro atoms. The lowest BCUT2D eigenvalue weighted by molar-refractivity contribution is -0.132. The van der Waals surface area contributed by atoms with Crippen LogP contribution in [-0.2, 0) is 9.59 Å². The molecule has 0 unspecified atom stereocenters. The molecule has 2 aromatic carbocycles. The molecule has 0 aliphatic carbocycles. The molecular weight excluding hydrogens is 349 g/mol. The van der Waals surface area contributed by atoms with E-state index >= 15 is 0 Å². The van der Waals surface area contributed by atoms with Crippen molar-refractivity contribution in [1.82, 2.24) is 15.5 Å². The summed E-state index contributed by atoms with van der Waals surface area (Å²) in [6.45, 7) is 0.623. The first-order valence-electron chi connectivity index (χ1n) is 8.65. The lowest BCUT2D eigenvalue weighted by Gasteiger charge is -2.34. The highest BCUT2D eigenvalue weighted by Crippen LogP contribution is 2.24. The second-order valence-electron chi connectivity index (χ2n) is 6.24. The van der Waals surface area contributed by atoms with Gasteiger partial charge < -0.3 is 15.5 Å². The predicted octanol–water partition coefficient (Wildman–Crippen LogP) is 1.57. The van der Waals surface area contributed by atoms with E-state index in [1.54, 1.807) is 42.5 Å². The molecule has 0 saturated carbocycles. The third-order valence-electron chi connectivity index (χ3n) is 4.54. The Morgan fingerprint density at radius 1 is 1.22 bits per heavy atom. The predicted molar refractivity (Wildman–Crippen MR) is 98.4 cm³/mol. The molecule has 1 aliphatic heterocycles. The monoisotopic (exact) mass is 369 g/mol. The van der Waals surface area contributed by atoms with Crippen LogP contribution in [0.4, 0.5) is 4.39 Å². The van der Waals surface area contributed by atoms with Gasteiger partial charge in [0.15, 0.2) is 0 Å². The second-order valence-corrected chi connectivity index (χ2v) is 6.24. The van der Waals surface area contributed by atoms with Crippen LogP contribution in [0.2, 0.25) is 0 Å². The van der Waals surface area contributed by atoms with Crippen LogP contribution in [0.5, 0.6) is 0 Å². The molecule has 27 heavy (non-hydrogen) atoms. The summed E-state index contributed by atoms with van der Waals surface area (Å²) in [5.41, 5.74) is 1.31. The van der Waals surface area contributed by atoms with Crippen LogP contribution in [0.1, 0.15) is 16.8 Å². The molecule has 1 saturated heterocycles. The van der Waals surface area contributed by atoms with Crippen LogP contribution in [0.3, 0.4) is 0 Å². The molecule has 1 atom stereocenters. The molecule has 3 amide bonds. The SMILES string of the molecule is CNC(=O)C[C@H]1C(=O)NCCN1C(=O)c1cccc(-c2ccccc2F)c1. The van der Waals surface area contributed by atoms with Crippen molar-refractivity contribution in [2.24, 2.45) is 0 Å². The summed E-state index contributed by atoms with van der Waals surface area (Å²) >= 11 is 0. The molecule has 1 heterocycles. The van der Waals surface area contributed by atoms with Gasteiger partial charge in [-0.05, 0) is 23.8 Å². The second kappa shape index (κ2) is 7.99. The van der Waals surface area contributed by atoms with Crippen LogP contribution in [0, 0.1) is 5.82 Å². The first-order valence-corrected chi connectivity index (χ1v) is 8.65. The zero-order chi connectivity index (χ0) is 19.4. The third kappa shape index (κ3) is 3.97. The van der Waals surface area contributed by atoms with E-state index in [0.717, 1.165) is 0 Å². The van der Waals surface area contributed by atoms with Crippen molar-refractivity contribution in [1.29, 1.82) is 0 Å². The Balaban J connectivity index is 1.90. The summed E-state index contributed by atoms with van der Waals surface area (Å²) in [6, 6.07) is 12.1. The summed E-state index contributed by atoms with van der Waals surface area (Å²) < 4.78 is 14.1. The number of halogens is 1. The zero-order valence-corrected chi connectivity index (χ0v) is 14.9. The van der Waals surface area contributed by atoms with Crippen LogP contribution in [0.15, 0.2) is 48.5 Å². The van der Waals surface area contributed by atoms with Gasteiger partial charge in [-0.1, -0.05) is 30.3 Å². The molecular formula is C20H20FN3O3. The van der Waals surface area contributed by atoms with Gasteiger partial charge in [-0.3, -0.25) is 14.4 Å². The molecule has 0 radical (unpaired) electrons. The Labute approximate surface area is 156 Å². The maximum atomic E-state index is 14.1. The Morgan fingerprint density at radius 3 is 2.74 bits per heavy atom. The molecule has 1 fully saturated rings. The van der Waals surface area contributed by atoms with Crippen molar-refractivity contribution in [2.45, 2.75) is 12.5 Å². The van der Waals surface area contributed by atoms with Gasteiger partial charge in [-0.15, -0.1) is 0 Å². The largest absolute Gasteiger partial charge is 0.359 e. The molecule has 6 nitrogen and oxygen atoms in total. The molecule has 7 heteroatoms. The van der Waals surface area contributed by atoms with Gasteiger partial charge in [0.05, 0.1) is 6.42 Å². The first-order chi connectivity index (χ1) is 13.0. The number of nitrogens with one attached hydrogen (secondary N) is 2. The minimum absolute atomic E-state index is 0.110. The first kappa shape index (κ1) is 18.6. The molecule has 3 rings (SSSR count). The zero-order valence-electron chi connectivity index (χ0n) is 14.9. The van der Waals surface area contributed by atoms with E-state index < -0.39 is 6.04 Å². The van der Waals surface area contributed by atoms with Crippen molar-refractivity contribution in [3.05, 3.63) is 59.9 Å². The normalized spacial score (nSPS) is 16.6. The van der Waals surface area contributed by atoms with Gasteiger partial charge in [0.25, 0.3) is 5.91 Å². The number of rotatable bonds is 4. The summed E-state index contributed by atoms with van der Waals surface area (Å²) in [5.74, 6) is -1.42. The number of hydrogen-bond acceptors (Lipinski definition) is 3. The highest BCUT2D eigenvalue weighted by atomic mass is 19.1. The Bertz CT molecular complexity index is 884.